The fourth-order valence-electron chi connectivity index (χ4n) is 1.81. The number of amides is 1. The highest BCUT2D eigenvalue weighted by Crippen LogP contribution is 2.16. The van der Waals surface area contributed by atoms with Gasteiger partial charge in [-0.05, 0) is 19.1 Å². The molecule has 0 aromatic heterocycles. The Morgan fingerprint density at radius 2 is 1.67 bits per heavy atom. The van der Waals surface area contributed by atoms with Crippen LogP contribution in [0.5, 0.6) is 0 Å². The van der Waals surface area contributed by atoms with Crippen molar-refractivity contribution in [1.29, 1.82) is 0 Å². The maximum Gasteiger partial charge on any atom is 0.312 e. The lowest BCUT2D eigenvalue weighted by Crippen LogP contribution is -2.45. The van der Waals surface area contributed by atoms with Gasteiger partial charge in [-0.1, -0.05) is 17.7 Å². The minimum Gasteiger partial charge on any atom is -0.368 e. The molecule has 1 heterocycles. The molecule has 0 bridgehead atoms. The standard InChI is InChI=1S/C12H15N2O/c1-11-2-4-12(5-3-11)14-8-6-13(10-15)7-9-14/h2-5H,6-9H2,1H3. The van der Waals surface area contributed by atoms with Crippen LogP contribution in [0.25, 0.3) is 0 Å². The molecule has 1 radical (unpaired) electrons. The van der Waals surface area contributed by atoms with E-state index in [1.54, 1.807) is 4.90 Å². The molecular formula is C12H15N2O. The summed E-state index contributed by atoms with van der Waals surface area (Å²) in [7, 11) is 0. The number of piperazine rings is 1. The predicted molar refractivity (Wildman–Crippen MR) is 60.7 cm³/mol. The summed E-state index contributed by atoms with van der Waals surface area (Å²) >= 11 is 0. The molecule has 3 heteroatoms. The lowest BCUT2D eigenvalue weighted by atomic mass is 10.2. The zero-order valence-corrected chi connectivity index (χ0v) is 8.94. The number of hydrogen-bond donors (Lipinski definition) is 0. The zero-order valence-electron chi connectivity index (χ0n) is 8.94. The van der Waals surface area contributed by atoms with Gasteiger partial charge in [0.05, 0.1) is 0 Å². The Balaban J connectivity index is 2.01. The van der Waals surface area contributed by atoms with Gasteiger partial charge in [0.15, 0.2) is 0 Å². The zero-order chi connectivity index (χ0) is 10.7. The highest BCUT2D eigenvalue weighted by Gasteiger charge is 2.15. The lowest BCUT2D eigenvalue weighted by molar-refractivity contribution is 0.357. The van der Waals surface area contributed by atoms with E-state index >= 15 is 0 Å². The van der Waals surface area contributed by atoms with Gasteiger partial charge in [-0.2, -0.15) is 0 Å². The summed E-state index contributed by atoms with van der Waals surface area (Å²) in [5.41, 5.74) is 2.52. The third-order valence-corrected chi connectivity index (χ3v) is 2.81. The first-order chi connectivity index (χ1) is 7.29. The molecule has 3 nitrogen and oxygen atoms in total. The molecule has 0 aliphatic carbocycles. The summed E-state index contributed by atoms with van der Waals surface area (Å²) in [5, 5.41) is 0. The molecule has 79 valence electrons. The molecule has 1 aliphatic rings. The van der Waals surface area contributed by atoms with E-state index < -0.39 is 0 Å². The number of anilines is 1. The molecule has 0 atom stereocenters. The molecule has 0 N–H and O–H groups in total. The van der Waals surface area contributed by atoms with Gasteiger partial charge in [-0.25, -0.2) is 0 Å². The normalized spacial score (nSPS) is 16.6. The third kappa shape index (κ3) is 2.29. The molecule has 2 rings (SSSR count). The number of nitrogens with zero attached hydrogens (tertiary/aromatic N) is 2. The Bertz CT molecular complexity index is 326. The third-order valence-electron chi connectivity index (χ3n) is 2.81. The summed E-state index contributed by atoms with van der Waals surface area (Å²) in [6.07, 6.45) is 1.94. The van der Waals surface area contributed by atoms with Gasteiger partial charge in [0.1, 0.15) is 0 Å². The second kappa shape index (κ2) is 4.34. The smallest absolute Gasteiger partial charge is 0.312 e. The maximum atomic E-state index is 10.4. The molecule has 15 heavy (non-hydrogen) atoms. The minimum absolute atomic E-state index is 0.775. The minimum atomic E-state index is 0.775. The van der Waals surface area contributed by atoms with Crippen molar-refractivity contribution >= 4 is 12.1 Å². The van der Waals surface area contributed by atoms with Crippen molar-refractivity contribution in [3.8, 4) is 0 Å². The summed E-state index contributed by atoms with van der Waals surface area (Å²) in [6, 6.07) is 8.51. The average molecular weight is 203 g/mol. The predicted octanol–water partition coefficient (Wildman–Crippen LogP) is 1.18. The van der Waals surface area contributed by atoms with Crippen molar-refractivity contribution in [3.05, 3.63) is 29.8 Å². The van der Waals surface area contributed by atoms with E-state index in [4.69, 9.17) is 0 Å². The van der Waals surface area contributed by atoms with Gasteiger partial charge in [0.25, 0.3) is 0 Å². The van der Waals surface area contributed by atoms with Gasteiger partial charge in [-0.15, -0.1) is 0 Å². The molecule has 0 saturated carbocycles. The second-order valence-corrected chi connectivity index (χ2v) is 3.90. The van der Waals surface area contributed by atoms with Gasteiger partial charge >= 0.3 is 6.41 Å². The summed E-state index contributed by atoms with van der Waals surface area (Å²) in [5.74, 6) is 0. The Labute approximate surface area is 90.3 Å². The van der Waals surface area contributed by atoms with E-state index in [9.17, 15) is 4.79 Å². The first-order valence-corrected chi connectivity index (χ1v) is 5.24. The maximum absolute atomic E-state index is 10.4. The van der Waals surface area contributed by atoms with Crippen molar-refractivity contribution in [2.45, 2.75) is 6.92 Å². The average Bonchev–Trinajstić information content (AvgIpc) is 2.30. The summed E-state index contributed by atoms with van der Waals surface area (Å²) in [4.78, 5) is 14.4. The van der Waals surface area contributed by atoms with Crippen LogP contribution in [-0.2, 0) is 4.79 Å². The Morgan fingerprint density at radius 1 is 1.07 bits per heavy atom. The van der Waals surface area contributed by atoms with Crippen LogP contribution >= 0.6 is 0 Å². The molecule has 1 saturated heterocycles. The number of benzene rings is 1. The monoisotopic (exact) mass is 203 g/mol. The molecule has 1 aromatic carbocycles. The van der Waals surface area contributed by atoms with Crippen molar-refractivity contribution in [2.75, 3.05) is 31.1 Å². The first kappa shape index (κ1) is 10.0. The topological polar surface area (TPSA) is 23.6 Å². The van der Waals surface area contributed by atoms with E-state index in [0.717, 1.165) is 26.2 Å². The van der Waals surface area contributed by atoms with Gasteiger partial charge in [-0.3, -0.25) is 4.79 Å². The number of hydrogen-bond acceptors (Lipinski definition) is 2. The largest absolute Gasteiger partial charge is 0.368 e. The van der Waals surface area contributed by atoms with Crippen LogP contribution in [0.2, 0.25) is 0 Å². The van der Waals surface area contributed by atoms with Crippen LogP contribution < -0.4 is 4.90 Å². The van der Waals surface area contributed by atoms with Crippen LogP contribution in [-0.4, -0.2) is 37.5 Å². The van der Waals surface area contributed by atoms with Crippen LogP contribution in [0.4, 0.5) is 5.69 Å². The molecular weight excluding hydrogens is 188 g/mol. The van der Waals surface area contributed by atoms with Gasteiger partial charge in [0.2, 0.25) is 0 Å². The molecule has 1 fully saturated rings. The number of rotatable bonds is 2. The Hall–Kier alpha value is -1.51. The highest BCUT2D eigenvalue weighted by atomic mass is 16.1. The van der Waals surface area contributed by atoms with E-state index in [0.29, 0.717) is 0 Å². The summed E-state index contributed by atoms with van der Waals surface area (Å²) in [6.45, 7) is 5.44. The second-order valence-electron chi connectivity index (χ2n) is 3.90. The van der Waals surface area contributed by atoms with Crippen LogP contribution in [0.3, 0.4) is 0 Å². The van der Waals surface area contributed by atoms with E-state index in [1.165, 1.54) is 11.3 Å². The summed E-state index contributed by atoms with van der Waals surface area (Å²) < 4.78 is 0. The van der Waals surface area contributed by atoms with Crippen molar-refractivity contribution in [1.82, 2.24) is 4.90 Å². The lowest BCUT2D eigenvalue weighted by Gasteiger charge is -2.33. The van der Waals surface area contributed by atoms with Crippen LogP contribution in [0, 0.1) is 6.92 Å². The molecule has 1 aromatic rings. The molecule has 1 aliphatic heterocycles. The van der Waals surface area contributed by atoms with E-state index in [-0.39, 0.29) is 0 Å². The fourth-order valence-corrected chi connectivity index (χ4v) is 1.81. The van der Waals surface area contributed by atoms with Gasteiger partial charge in [0, 0.05) is 31.9 Å². The number of aryl methyl sites for hydroxylation is 1. The number of carbonyl (C=O) groups excluding carboxylic acids is 1. The molecule has 1 amide bonds. The van der Waals surface area contributed by atoms with Gasteiger partial charge < -0.3 is 9.80 Å². The SMILES string of the molecule is Cc1ccc(N2CCN([C]=O)CC2)cc1. The van der Waals surface area contributed by atoms with Crippen molar-refractivity contribution in [3.63, 3.8) is 0 Å². The van der Waals surface area contributed by atoms with Crippen molar-refractivity contribution < 1.29 is 4.79 Å². The van der Waals surface area contributed by atoms with E-state index in [2.05, 4.69) is 36.1 Å². The molecule has 0 spiro atoms. The quantitative estimate of drug-likeness (QED) is 0.720. The Kier molecular flexibility index (Phi) is 2.90. The van der Waals surface area contributed by atoms with E-state index in [1.807, 2.05) is 6.41 Å². The first-order valence-electron chi connectivity index (χ1n) is 5.24. The van der Waals surface area contributed by atoms with Crippen LogP contribution in [0.1, 0.15) is 5.56 Å². The molecule has 0 unspecified atom stereocenters. The Morgan fingerprint density at radius 3 is 2.20 bits per heavy atom. The highest BCUT2D eigenvalue weighted by molar-refractivity contribution is 5.52. The van der Waals surface area contributed by atoms with Crippen molar-refractivity contribution in [2.24, 2.45) is 0 Å². The van der Waals surface area contributed by atoms with Crippen LogP contribution in [0.15, 0.2) is 24.3 Å². The fraction of sp³-hybridized carbons (Fsp3) is 0.417.